The number of hydrogen-bond donors (Lipinski definition) is 1. The molecular weight excluding hydrogens is 298 g/mol. The largest absolute Gasteiger partial charge is 0.416 e. The van der Waals surface area contributed by atoms with Crippen LogP contribution in [0.1, 0.15) is 41.9 Å². The lowest BCUT2D eigenvalue weighted by Crippen LogP contribution is -2.13. The Kier molecular flexibility index (Phi) is 3.26. The van der Waals surface area contributed by atoms with Crippen LogP contribution in [0.3, 0.4) is 0 Å². The van der Waals surface area contributed by atoms with Crippen LogP contribution in [0.15, 0.2) is 40.1 Å². The number of H-pyrrole nitrogens is 1. The number of nitrogens with zero attached hydrogens (tertiary/aromatic N) is 2. The molecule has 1 N–H and O–H groups in total. The molecule has 112 valence electrons. The molecule has 6 heteroatoms. The number of Topliss-reactive ketones (excluding diaryl/α,β-unsaturated/α-hetero) is 1. The second kappa shape index (κ2) is 5.28. The number of aromatic amines is 1. The van der Waals surface area contributed by atoms with Gasteiger partial charge in [-0.1, -0.05) is 30.0 Å². The molecule has 1 aliphatic rings. The topological polar surface area (TPSA) is 71.8 Å². The molecule has 0 amide bonds. The number of fused-ring (bicyclic) bond motifs is 1. The lowest BCUT2D eigenvalue weighted by atomic mass is 10.1. The fourth-order valence-electron chi connectivity index (χ4n) is 2.46. The molecule has 2 aromatic heterocycles. The summed E-state index contributed by atoms with van der Waals surface area (Å²) in [5.74, 6) is 1.20. The quantitative estimate of drug-likeness (QED) is 0.573. The Morgan fingerprint density at radius 2 is 2.18 bits per heavy atom. The van der Waals surface area contributed by atoms with Crippen LogP contribution in [0, 0.1) is 0 Å². The van der Waals surface area contributed by atoms with Crippen LogP contribution in [0.2, 0.25) is 0 Å². The Hall–Kier alpha value is -2.08. The van der Waals surface area contributed by atoms with E-state index in [1.807, 2.05) is 31.2 Å². The third-order valence-corrected chi connectivity index (χ3v) is 4.78. The van der Waals surface area contributed by atoms with Gasteiger partial charge in [0.05, 0.1) is 5.25 Å². The normalized spacial score (nSPS) is 16.0. The summed E-state index contributed by atoms with van der Waals surface area (Å²) in [5, 5.41) is 9.23. The van der Waals surface area contributed by atoms with Crippen LogP contribution in [0.5, 0.6) is 0 Å². The number of rotatable bonds is 5. The van der Waals surface area contributed by atoms with Crippen molar-refractivity contribution in [1.29, 1.82) is 0 Å². The van der Waals surface area contributed by atoms with Gasteiger partial charge in [-0.15, -0.1) is 10.2 Å². The molecule has 0 saturated heterocycles. The van der Waals surface area contributed by atoms with Crippen molar-refractivity contribution in [3.05, 3.63) is 41.9 Å². The molecule has 0 spiro atoms. The van der Waals surface area contributed by atoms with Crippen LogP contribution < -0.4 is 0 Å². The van der Waals surface area contributed by atoms with Crippen LogP contribution in [-0.2, 0) is 0 Å². The zero-order valence-corrected chi connectivity index (χ0v) is 12.9. The number of aromatic nitrogens is 3. The molecule has 2 heterocycles. The van der Waals surface area contributed by atoms with Gasteiger partial charge in [0.2, 0.25) is 5.89 Å². The van der Waals surface area contributed by atoms with E-state index in [0.717, 1.165) is 23.7 Å². The SMILES string of the molecule is CC(Sc1nnc(C2CC2)o1)C(=O)c1c[nH]c2ccccc12. The van der Waals surface area contributed by atoms with Crippen molar-refractivity contribution in [3.63, 3.8) is 0 Å². The molecule has 0 radical (unpaired) electrons. The summed E-state index contributed by atoms with van der Waals surface area (Å²) >= 11 is 1.32. The van der Waals surface area contributed by atoms with E-state index in [2.05, 4.69) is 15.2 Å². The van der Waals surface area contributed by atoms with Gasteiger partial charge in [0, 0.05) is 28.6 Å². The van der Waals surface area contributed by atoms with Crippen molar-refractivity contribution in [2.24, 2.45) is 0 Å². The van der Waals surface area contributed by atoms with Gasteiger partial charge in [0.1, 0.15) is 0 Å². The third-order valence-electron chi connectivity index (χ3n) is 3.85. The van der Waals surface area contributed by atoms with Crippen molar-refractivity contribution in [2.45, 2.75) is 36.2 Å². The zero-order chi connectivity index (χ0) is 15.1. The van der Waals surface area contributed by atoms with E-state index in [9.17, 15) is 4.79 Å². The number of hydrogen-bond acceptors (Lipinski definition) is 5. The second-order valence-electron chi connectivity index (χ2n) is 5.55. The van der Waals surface area contributed by atoms with E-state index in [0.29, 0.717) is 22.6 Å². The van der Waals surface area contributed by atoms with E-state index in [4.69, 9.17) is 4.42 Å². The summed E-state index contributed by atoms with van der Waals surface area (Å²) in [7, 11) is 0. The van der Waals surface area contributed by atoms with Crippen LogP contribution >= 0.6 is 11.8 Å². The van der Waals surface area contributed by atoms with E-state index in [1.54, 1.807) is 6.20 Å². The molecule has 1 unspecified atom stereocenters. The molecular formula is C16H15N3O2S. The highest BCUT2D eigenvalue weighted by Crippen LogP contribution is 2.40. The summed E-state index contributed by atoms with van der Waals surface area (Å²) in [4.78, 5) is 15.8. The summed E-state index contributed by atoms with van der Waals surface area (Å²) in [5.41, 5.74) is 1.68. The highest BCUT2D eigenvalue weighted by Gasteiger charge is 2.30. The first kappa shape index (κ1) is 13.6. The van der Waals surface area contributed by atoms with Crippen LogP contribution in [0.25, 0.3) is 10.9 Å². The van der Waals surface area contributed by atoms with Gasteiger partial charge in [-0.2, -0.15) is 0 Å². The maximum atomic E-state index is 12.6. The second-order valence-corrected chi connectivity index (χ2v) is 6.84. The molecule has 1 saturated carbocycles. The molecule has 1 aromatic carbocycles. The van der Waals surface area contributed by atoms with Crippen molar-refractivity contribution >= 4 is 28.4 Å². The Labute approximate surface area is 131 Å². The lowest BCUT2D eigenvalue weighted by Gasteiger charge is -2.06. The van der Waals surface area contributed by atoms with Gasteiger partial charge in [-0.25, -0.2) is 0 Å². The van der Waals surface area contributed by atoms with Crippen LogP contribution in [-0.4, -0.2) is 26.2 Å². The third kappa shape index (κ3) is 2.43. The van der Waals surface area contributed by atoms with Gasteiger partial charge in [-0.3, -0.25) is 4.79 Å². The zero-order valence-electron chi connectivity index (χ0n) is 12.1. The summed E-state index contributed by atoms with van der Waals surface area (Å²) in [6.45, 7) is 1.87. The van der Waals surface area contributed by atoms with Crippen molar-refractivity contribution < 1.29 is 9.21 Å². The molecule has 1 aliphatic carbocycles. The first-order valence-corrected chi connectivity index (χ1v) is 8.20. The van der Waals surface area contributed by atoms with E-state index >= 15 is 0 Å². The monoisotopic (exact) mass is 313 g/mol. The predicted molar refractivity (Wildman–Crippen MR) is 84.2 cm³/mol. The number of nitrogens with one attached hydrogen (secondary N) is 1. The number of thioether (sulfide) groups is 1. The lowest BCUT2D eigenvalue weighted by molar-refractivity contribution is 0.0995. The summed E-state index contributed by atoms with van der Waals surface area (Å²) in [6, 6.07) is 7.80. The van der Waals surface area contributed by atoms with Gasteiger partial charge < -0.3 is 9.40 Å². The minimum absolute atomic E-state index is 0.0635. The van der Waals surface area contributed by atoms with Gasteiger partial charge in [0.15, 0.2) is 5.78 Å². The van der Waals surface area contributed by atoms with Crippen LogP contribution in [0.4, 0.5) is 0 Å². The minimum Gasteiger partial charge on any atom is -0.416 e. The number of carbonyl (C=O) groups is 1. The summed E-state index contributed by atoms with van der Waals surface area (Å²) in [6.07, 6.45) is 4.01. The van der Waals surface area contributed by atoms with Crippen molar-refractivity contribution in [3.8, 4) is 0 Å². The van der Waals surface area contributed by atoms with Gasteiger partial charge in [-0.05, 0) is 25.8 Å². The molecule has 1 fully saturated rings. The number of ketones is 1. The average molecular weight is 313 g/mol. The molecule has 22 heavy (non-hydrogen) atoms. The Bertz CT molecular complexity index is 835. The minimum atomic E-state index is -0.272. The smallest absolute Gasteiger partial charge is 0.277 e. The van der Waals surface area contributed by atoms with E-state index in [1.165, 1.54) is 11.8 Å². The number of para-hydroxylation sites is 1. The summed E-state index contributed by atoms with van der Waals surface area (Å²) < 4.78 is 5.61. The standard InChI is InChI=1S/C16H15N3O2S/c1-9(22-16-19-18-15(21-16)10-6-7-10)14(20)12-8-17-13-5-3-2-4-11(12)13/h2-5,8-10,17H,6-7H2,1H3. The number of carbonyl (C=O) groups excluding carboxylic acids is 1. The molecule has 4 rings (SSSR count). The highest BCUT2D eigenvalue weighted by atomic mass is 32.2. The Morgan fingerprint density at radius 3 is 3.00 bits per heavy atom. The fourth-order valence-corrected chi connectivity index (χ4v) is 3.22. The number of benzene rings is 1. The molecule has 3 aromatic rings. The maximum Gasteiger partial charge on any atom is 0.277 e. The average Bonchev–Trinajstić information content (AvgIpc) is 3.13. The predicted octanol–water partition coefficient (Wildman–Crippen LogP) is 3.79. The van der Waals surface area contributed by atoms with E-state index < -0.39 is 0 Å². The Balaban J connectivity index is 1.53. The maximum absolute atomic E-state index is 12.6. The molecule has 0 aliphatic heterocycles. The molecule has 1 atom stereocenters. The fraction of sp³-hybridized carbons (Fsp3) is 0.312. The molecule has 5 nitrogen and oxygen atoms in total. The van der Waals surface area contributed by atoms with E-state index in [-0.39, 0.29) is 11.0 Å². The van der Waals surface area contributed by atoms with Crippen molar-refractivity contribution in [2.75, 3.05) is 0 Å². The van der Waals surface area contributed by atoms with Crippen molar-refractivity contribution in [1.82, 2.24) is 15.2 Å². The van der Waals surface area contributed by atoms with Gasteiger partial charge in [0.25, 0.3) is 5.22 Å². The van der Waals surface area contributed by atoms with Gasteiger partial charge >= 0.3 is 0 Å². The Morgan fingerprint density at radius 1 is 1.36 bits per heavy atom. The first-order valence-electron chi connectivity index (χ1n) is 7.33. The first-order chi connectivity index (χ1) is 10.7. The molecule has 0 bridgehead atoms. The highest BCUT2D eigenvalue weighted by molar-refractivity contribution is 8.00.